The van der Waals surface area contributed by atoms with E-state index in [0.29, 0.717) is 0 Å². The van der Waals surface area contributed by atoms with Crippen molar-refractivity contribution in [1.82, 2.24) is 4.90 Å². The molecule has 1 aliphatic heterocycles. The molecule has 20 heavy (non-hydrogen) atoms. The number of likely N-dealkylation sites (tertiary alicyclic amines) is 1. The molecule has 1 N–H and O–H groups in total. The minimum atomic E-state index is -0.0663. The van der Waals surface area contributed by atoms with Crippen LogP contribution < -0.4 is 0 Å². The van der Waals surface area contributed by atoms with Crippen LogP contribution in [0.25, 0.3) is 6.08 Å². The summed E-state index contributed by atoms with van der Waals surface area (Å²) < 4.78 is 0. The summed E-state index contributed by atoms with van der Waals surface area (Å²) in [5, 5.41) is 10.3. The zero-order valence-electron chi connectivity index (χ0n) is 12.2. The molecule has 1 aliphatic carbocycles. The first kappa shape index (κ1) is 13.8. The third-order valence-electron chi connectivity index (χ3n) is 5.02. The van der Waals surface area contributed by atoms with Gasteiger partial charge < -0.3 is 5.11 Å². The van der Waals surface area contributed by atoms with E-state index in [1.54, 1.807) is 0 Å². The van der Waals surface area contributed by atoms with Gasteiger partial charge in [0.2, 0.25) is 0 Å². The molecule has 0 amide bonds. The second-order valence-electron chi connectivity index (χ2n) is 6.42. The summed E-state index contributed by atoms with van der Waals surface area (Å²) in [7, 11) is 0. The highest BCUT2D eigenvalue weighted by atomic mass is 16.3. The van der Waals surface area contributed by atoms with Gasteiger partial charge in [0.05, 0.1) is 6.10 Å². The second kappa shape index (κ2) is 6.11. The van der Waals surface area contributed by atoms with Gasteiger partial charge in [0, 0.05) is 18.5 Å². The van der Waals surface area contributed by atoms with Gasteiger partial charge in [0.1, 0.15) is 0 Å². The van der Waals surface area contributed by atoms with Gasteiger partial charge in [-0.15, -0.1) is 0 Å². The quantitative estimate of drug-likeness (QED) is 0.911. The molecule has 2 atom stereocenters. The van der Waals surface area contributed by atoms with Crippen LogP contribution in [-0.2, 0) is 0 Å². The van der Waals surface area contributed by atoms with Gasteiger partial charge in [-0.3, -0.25) is 4.90 Å². The first-order valence-electron chi connectivity index (χ1n) is 7.91. The molecule has 2 fully saturated rings. The van der Waals surface area contributed by atoms with Crippen molar-refractivity contribution in [3.8, 4) is 0 Å². The average Bonchev–Trinajstić information content (AvgIpc) is 2.81. The maximum absolute atomic E-state index is 10.3. The number of rotatable bonds is 3. The lowest BCUT2D eigenvalue weighted by molar-refractivity contribution is -0.00596. The Labute approximate surface area is 122 Å². The van der Waals surface area contributed by atoms with Gasteiger partial charge >= 0.3 is 0 Å². The minimum absolute atomic E-state index is 0.0663. The molecule has 0 aromatic heterocycles. The van der Waals surface area contributed by atoms with Crippen molar-refractivity contribution in [3.63, 3.8) is 0 Å². The smallest absolute Gasteiger partial charge is 0.0608 e. The second-order valence-corrected chi connectivity index (χ2v) is 6.42. The van der Waals surface area contributed by atoms with Crippen molar-refractivity contribution < 1.29 is 5.11 Å². The van der Waals surface area contributed by atoms with Crippen LogP contribution in [-0.4, -0.2) is 35.7 Å². The highest BCUT2D eigenvalue weighted by molar-refractivity contribution is 5.48. The molecule has 2 aliphatic rings. The molecule has 0 bridgehead atoms. The lowest BCUT2D eigenvalue weighted by Gasteiger charge is -2.42. The Bertz CT molecular complexity index is 456. The lowest BCUT2D eigenvalue weighted by atomic mass is 9.77. The Balaban J connectivity index is 1.57. The zero-order chi connectivity index (χ0) is 13.8. The van der Waals surface area contributed by atoms with Gasteiger partial charge in [-0.05, 0) is 37.8 Å². The van der Waals surface area contributed by atoms with Gasteiger partial charge in [0.15, 0.2) is 0 Å². The van der Waals surface area contributed by atoms with Crippen LogP contribution in [0.4, 0.5) is 0 Å². The molecule has 2 heteroatoms. The summed E-state index contributed by atoms with van der Waals surface area (Å²) in [6, 6.07) is 10.5. The number of hydrogen-bond donors (Lipinski definition) is 1. The van der Waals surface area contributed by atoms with Crippen molar-refractivity contribution in [2.75, 3.05) is 19.6 Å². The number of aliphatic hydroxyl groups excluding tert-OH is 1. The molecule has 1 aromatic rings. The summed E-state index contributed by atoms with van der Waals surface area (Å²) >= 11 is 0. The van der Waals surface area contributed by atoms with Crippen LogP contribution >= 0.6 is 0 Å². The third kappa shape index (κ3) is 2.97. The van der Waals surface area contributed by atoms with Crippen LogP contribution in [0.15, 0.2) is 36.4 Å². The Kier molecular flexibility index (Phi) is 4.23. The fourth-order valence-corrected chi connectivity index (χ4v) is 3.91. The fraction of sp³-hybridized carbons (Fsp3) is 0.556. The number of hydrogen-bond acceptors (Lipinski definition) is 2. The molecule has 1 spiro atoms. The van der Waals surface area contributed by atoms with E-state index < -0.39 is 0 Å². The van der Waals surface area contributed by atoms with Crippen LogP contribution in [0.5, 0.6) is 0 Å². The Morgan fingerprint density at radius 1 is 1.20 bits per heavy atom. The number of nitrogens with zero attached hydrogens (tertiary/aromatic N) is 1. The molecule has 0 unspecified atom stereocenters. The average molecular weight is 271 g/mol. The topological polar surface area (TPSA) is 23.5 Å². The minimum Gasteiger partial charge on any atom is -0.393 e. The molecule has 1 heterocycles. The van der Waals surface area contributed by atoms with Gasteiger partial charge in [-0.1, -0.05) is 48.9 Å². The number of piperidine rings is 1. The number of benzene rings is 1. The maximum atomic E-state index is 10.3. The summed E-state index contributed by atoms with van der Waals surface area (Å²) in [6.45, 7) is 3.25. The van der Waals surface area contributed by atoms with Crippen molar-refractivity contribution in [2.24, 2.45) is 5.41 Å². The van der Waals surface area contributed by atoms with Crippen molar-refractivity contribution in [1.29, 1.82) is 0 Å². The van der Waals surface area contributed by atoms with E-state index in [1.807, 2.05) is 6.07 Å². The molecule has 3 rings (SSSR count). The molecular weight excluding hydrogens is 246 g/mol. The van der Waals surface area contributed by atoms with E-state index in [2.05, 4.69) is 41.3 Å². The zero-order valence-corrected chi connectivity index (χ0v) is 12.2. The predicted molar refractivity (Wildman–Crippen MR) is 83.4 cm³/mol. The van der Waals surface area contributed by atoms with Crippen LogP contribution in [0, 0.1) is 5.41 Å². The number of aliphatic hydroxyl groups is 1. The largest absolute Gasteiger partial charge is 0.393 e. The molecule has 1 saturated heterocycles. The monoisotopic (exact) mass is 271 g/mol. The first-order chi connectivity index (χ1) is 9.78. The first-order valence-corrected chi connectivity index (χ1v) is 7.91. The van der Waals surface area contributed by atoms with Gasteiger partial charge in [0.25, 0.3) is 0 Å². The molecule has 2 nitrogen and oxygen atoms in total. The molecule has 1 aromatic carbocycles. The highest BCUT2D eigenvalue weighted by Gasteiger charge is 2.44. The summed E-state index contributed by atoms with van der Waals surface area (Å²) in [6.07, 6.45) is 10.3. The van der Waals surface area contributed by atoms with Gasteiger partial charge in [-0.25, -0.2) is 0 Å². The summed E-state index contributed by atoms with van der Waals surface area (Å²) in [4.78, 5) is 2.51. The van der Waals surface area contributed by atoms with E-state index in [9.17, 15) is 5.11 Å². The Morgan fingerprint density at radius 3 is 2.75 bits per heavy atom. The van der Waals surface area contributed by atoms with Gasteiger partial charge in [-0.2, -0.15) is 0 Å². The van der Waals surface area contributed by atoms with Crippen molar-refractivity contribution in [3.05, 3.63) is 42.0 Å². The SMILES string of the molecule is O[C@@H]1CCC[C@@]12CCCN(C/C=C/c1ccccc1)C2. The molecule has 0 radical (unpaired) electrons. The summed E-state index contributed by atoms with van der Waals surface area (Å²) in [5.74, 6) is 0. The lowest BCUT2D eigenvalue weighted by Crippen LogP contribution is -2.47. The Hall–Kier alpha value is -1.12. The molecule has 1 saturated carbocycles. The molecular formula is C18H25NO. The Morgan fingerprint density at radius 2 is 2.00 bits per heavy atom. The normalized spacial score (nSPS) is 31.4. The van der Waals surface area contributed by atoms with E-state index in [0.717, 1.165) is 19.5 Å². The maximum Gasteiger partial charge on any atom is 0.0608 e. The van der Waals surface area contributed by atoms with Crippen LogP contribution in [0.1, 0.15) is 37.7 Å². The molecule has 108 valence electrons. The van der Waals surface area contributed by atoms with E-state index in [1.165, 1.54) is 37.8 Å². The summed E-state index contributed by atoms with van der Waals surface area (Å²) in [5.41, 5.74) is 1.47. The van der Waals surface area contributed by atoms with Crippen LogP contribution in [0.3, 0.4) is 0 Å². The fourth-order valence-electron chi connectivity index (χ4n) is 3.91. The van der Waals surface area contributed by atoms with E-state index >= 15 is 0 Å². The van der Waals surface area contributed by atoms with E-state index in [-0.39, 0.29) is 11.5 Å². The van der Waals surface area contributed by atoms with Crippen LogP contribution in [0.2, 0.25) is 0 Å². The third-order valence-corrected chi connectivity index (χ3v) is 5.02. The van der Waals surface area contributed by atoms with Crippen molar-refractivity contribution in [2.45, 2.75) is 38.2 Å². The highest BCUT2D eigenvalue weighted by Crippen LogP contribution is 2.44. The standard InChI is InChI=1S/C18H25NO/c20-17-10-4-11-18(17)12-6-14-19(15-18)13-5-9-16-7-2-1-3-8-16/h1-3,5,7-9,17,20H,4,6,10-15H2/b9-5+/t17-,18+/m1/s1. The van der Waals surface area contributed by atoms with E-state index in [4.69, 9.17) is 0 Å². The van der Waals surface area contributed by atoms with Crippen molar-refractivity contribution >= 4 is 6.08 Å². The predicted octanol–water partition coefficient (Wildman–Crippen LogP) is 3.33.